The first kappa shape index (κ1) is 12.7. The molecule has 0 aliphatic carbocycles. The minimum atomic E-state index is -0.705. The van der Waals surface area contributed by atoms with Crippen molar-refractivity contribution in [3.05, 3.63) is 42.0 Å². The fourth-order valence-electron chi connectivity index (χ4n) is 1.81. The van der Waals surface area contributed by atoms with Crippen LogP contribution in [0.25, 0.3) is 0 Å². The summed E-state index contributed by atoms with van der Waals surface area (Å²) in [7, 11) is 0. The van der Waals surface area contributed by atoms with Crippen LogP contribution in [0.3, 0.4) is 0 Å². The third-order valence-electron chi connectivity index (χ3n) is 2.74. The Labute approximate surface area is 107 Å². The van der Waals surface area contributed by atoms with Crippen molar-refractivity contribution >= 4 is 0 Å². The maximum Gasteiger partial charge on any atom is 0.157 e. The van der Waals surface area contributed by atoms with E-state index < -0.39 is 6.10 Å². The van der Waals surface area contributed by atoms with Gasteiger partial charge in [0.05, 0.1) is 0 Å². The molecule has 0 saturated carbocycles. The van der Waals surface area contributed by atoms with Crippen LogP contribution in [0.15, 0.2) is 24.8 Å². The van der Waals surface area contributed by atoms with Crippen molar-refractivity contribution in [3.63, 3.8) is 0 Å². The number of aryl methyl sites for hydroxylation is 2. The van der Waals surface area contributed by atoms with Crippen LogP contribution in [0, 0.1) is 6.92 Å². The van der Waals surface area contributed by atoms with Gasteiger partial charge < -0.3 is 9.67 Å². The highest BCUT2D eigenvalue weighted by atomic mass is 16.3. The van der Waals surface area contributed by atoms with E-state index in [0.29, 0.717) is 12.2 Å². The Kier molecular flexibility index (Phi) is 4.04. The van der Waals surface area contributed by atoms with Crippen LogP contribution in [-0.2, 0) is 13.0 Å². The molecule has 0 spiro atoms. The van der Waals surface area contributed by atoms with Crippen LogP contribution in [0.5, 0.6) is 0 Å². The van der Waals surface area contributed by atoms with Crippen LogP contribution in [-0.4, -0.2) is 24.6 Å². The maximum absolute atomic E-state index is 10.1. The third-order valence-corrected chi connectivity index (χ3v) is 2.74. The summed E-state index contributed by atoms with van der Waals surface area (Å²) in [5.74, 6) is 1.32. The molecule has 0 aliphatic heterocycles. The second kappa shape index (κ2) is 5.73. The van der Waals surface area contributed by atoms with Crippen molar-refractivity contribution in [3.8, 4) is 0 Å². The monoisotopic (exact) mass is 246 g/mol. The van der Waals surface area contributed by atoms with Gasteiger partial charge in [-0.3, -0.25) is 0 Å². The Balaban J connectivity index is 2.08. The first-order valence-electron chi connectivity index (χ1n) is 6.17. The number of rotatable bonds is 5. The molecule has 18 heavy (non-hydrogen) atoms. The summed E-state index contributed by atoms with van der Waals surface area (Å²) in [6.07, 6.45) is 7.89. The second-order valence-corrected chi connectivity index (χ2v) is 4.38. The van der Waals surface area contributed by atoms with Crippen molar-refractivity contribution in [1.29, 1.82) is 0 Å². The second-order valence-electron chi connectivity index (χ2n) is 4.38. The summed E-state index contributed by atoms with van der Waals surface area (Å²) in [6, 6.07) is 0. The number of aliphatic hydroxyl groups excluding tert-OH is 1. The van der Waals surface area contributed by atoms with Crippen molar-refractivity contribution in [2.45, 2.75) is 39.3 Å². The molecule has 0 aliphatic rings. The summed E-state index contributed by atoms with van der Waals surface area (Å²) < 4.78 is 2.05. The van der Waals surface area contributed by atoms with Gasteiger partial charge in [0.15, 0.2) is 5.82 Å². The Morgan fingerprint density at radius 2 is 2.00 bits per heavy atom. The van der Waals surface area contributed by atoms with Gasteiger partial charge in [0.25, 0.3) is 0 Å². The van der Waals surface area contributed by atoms with E-state index in [0.717, 1.165) is 24.4 Å². The largest absolute Gasteiger partial charge is 0.385 e. The average Bonchev–Trinajstić information content (AvgIpc) is 2.78. The fraction of sp³-hybridized carbons (Fsp3) is 0.462. The normalized spacial score (nSPS) is 12.6. The number of hydrogen-bond acceptors (Lipinski definition) is 4. The van der Waals surface area contributed by atoms with Crippen LogP contribution in [0.1, 0.15) is 36.7 Å². The van der Waals surface area contributed by atoms with E-state index in [1.807, 2.05) is 13.1 Å². The molecule has 0 aromatic carbocycles. The zero-order valence-electron chi connectivity index (χ0n) is 10.7. The van der Waals surface area contributed by atoms with Crippen molar-refractivity contribution in [2.24, 2.45) is 0 Å². The minimum Gasteiger partial charge on any atom is -0.385 e. The Hall–Kier alpha value is -1.75. The zero-order chi connectivity index (χ0) is 13.0. The highest BCUT2D eigenvalue weighted by molar-refractivity contribution is 5.05. The van der Waals surface area contributed by atoms with Gasteiger partial charge in [-0.25, -0.2) is 15.0 Å². The molecule has 2 rings (SSSR count). The van der Waals surface area contributed by atoms with Gasteiger partial charge in [-0.2, -0.15) is 0 Å². The van der Waals surface area contributed by atoms with Gasteiger partial charge in [0.2, 0.25) is 0 Å². The highest BCUT2D eigenvalue weighted by Gasteiger charge is 2.14. The van der Waals surface area contributed by atoms with Crippen LogP contribution in [0.2, 0.25) is 0 Å². The molecule has 0 saturated heterocycles. The fourth-order valence-corrected chi connectivity index (χ4v) is 1.81. The van der Waals surface area contributed by atoms with E-state index in [-0.39, 0.29) is 0 Å². The molecule has 2 heterocycles. The topological polar surface area (TPSA) is 63.8 Å². The molecule has 0 radical (unpaired) electrons. The lowest BCUT2D eigenvalue weighted by atomic mass is 10.2. The SMILES string of the molecule is CCCn1ccnc1CC(O)c1ncc(C)cn1. The van der Waals surface area contributed by atoms with Gasteiger partial charge in [-0.1, -0.05) is 6.92 Å². The number of aliphatic hydroxyl groups is 1. The summed E-state index contributed by atoms with van der Waals surface area (Å²) in [6.45, 7) is 4.95. The first-order valence-corrected chi connectivity index (χ1v) is 6.17. The molecule has 5 heteroatoms. The van der Waals surface area contributed by atoms with E-state index in [1.54, 1.807) is 18.6 Å². The van der Waals surface area contributed by atoms with Gasteiger partial charge in [-0.05, 0) is 18.9 Å². The molecule has 2 aromatic heterocycles. The smallest absolute Gasteiger partial charge is 0.157 e. The molecular formula is C13H18N4O. The standard InChI is InChI=1S/C13H18N4O/c1-3-5-17-6-4-14-12(17)7-11(18)13-15-8-10(2)9-16-13/h4,6,8-9,11,18H,3,5,7H2,1-2H3. The predicted molar refractivity (Wildman–Crippen MR) is 68.0 cm³/mol. The predicted octanol–water partition coefficient (Wildman–Crippen LogP) is 1.67. The maximum atomic E-state index is 10.1. The van der Waals surface area contributed by atoms with Crippen LogP contribution in [0.4, 0.5) is 0 Å². The summed E-state index contributed by atoms with van der Waals surface area (Å²) in [4.78, 5) is 12.5. The molecular weight excluding hydrogens is 228 g/mol. The Morgan fingerprint density at radius 3 is 2.67 bits per heavy atom. The van der Waals surface area contributed by atoms with Gasteiger partial charge >= 0.3 is 0 Å². The molecule has 1 unspecified atom stereocenters. The molecule has 5 nitrogen and oxygen atoms in total. The molecule has 0 fully saturated rings. The minimum absolute atomic E-state index is 0.441. The van der Waals surface area contributed by atoms with Crippen LogP contribution < -0.4 is 0 Å². The van der Waals surface area contributed by atoms with E-state index in [4.69, 9.17) is 0 Å². The van der Waals surface area contributed by atoms with Gasteiger partial charge in [0.1, 0.15) is 11.9 Å². The number of aromatic nitrogens is 4. The number of nitrogens with zero attached hydrogens (tertiary/aromatic N) is 4. The first-order chi connectivity index (χ1) is 8.70. The quantitative estimate of drug-likeness (QED) is 0.871. The Morgan fingerprint density at radius 1 is 1.28 bits per heavy atom. The number of imidazole rings is 1. The van der Waals surface area contributed by atoms with Gasteiger partial charge in [-0.15, -0.1) is 0 Å². The molecule has 96 valence electrons. The summed E-state index contributed by atoms with van der Waals surface area (Å²) in [5.41, 5.74) is 0.985. The van der Waals surface area contributed by atoms with Crippen molar-refractivity contribution in [2.75, 3.05) is 0 Å². The van der Waals surface area contributed by atoms with E-state index in [1.165, 1.54) is 0 Å². The third kappa shape index (κ3) is 2.92. The number of hydrogen-bond donors (Lipinski definition) is 1. The average molecular weight is 246 g/mol. The lowest BCUT2D eigenvalue weighted by Gasteiger charge is -2.10. The summed E-state index contributed by atoms with van der Waals surface area (Å²) >= 11 is 0. The molecule has 2 aromatic rings. The molecule has 0 bridgehead atoms. The van der Waals surface area contributed by atoms with E-state index in [9.17, 15) is 5.11 Å². The van der Waals surface area contributed by atoms with E-state index in [2.05, 4.69) is 26.4 Å². The van der Waals surface area contributed by atoms with Crippen LogP contribution >= 0.6 is 0 Å². The summed E-state index contributed by atoms with van der Waals surface area (Å²) in [5, 5.41) is 10.1. The van der Waals surface area contributed by atoms with Gasteiger partial charge in [0, 0.05) is 37.8 Å². The highest BCUT2D eigenvalue weighted by Crippen LogP contribution is 2.13. The molecule has 1 N–H and O–H groups in total. The lowest BCUT2D eigenvalue weighted by Crippen LogP contribution is -2.11. The molecule has 0 amide bonds. The van der Waals surface area contributed by atoms with Crippen molar-refractivity contribution < 1.29 is 5.11 Å². The molecule has 1 atom stereocenters. The van der Waals surface area contributed by atoms with E-state index >= 15 is 0 Å². The lowest BCUT2D eigenvalue weighted by molar-refractivity contribution is 0.164. The Bertz CT molecular complexity index is 492. The zero-order valence-corrected chi connectivity index (χ0v) is 10.7. The van der Waals surface area contributed by atoms with Crippen molar-refractivity contribution in [1.82, 2.24) is 19.5 Å².